The summed E-state index contributed by atoms with van der Waals surface area (Å²) in [5.74, 6) is -1.40. The van der Waals surface area contributed by atoms with Gasteiger partial charge in [-0.25, -0.2) is 4.79 Å². The zero-order valence-corrected chi connectivity index (χ0v) is 10.7. The summed E-state index contributed by atoms with van der Waals surface area (Å²) in [7, 11) is 0. The number of carbonyl (C=O) groups excluding carboxylic acids is 2. The Kier molecular flexibility index (Phi) is 6.75. The first-order valence-electron chi connectivity index (χ1n) is 5.82. The van der Waals surface area contributed by atoms with Gasteiger partial charge in [0.15, 0.2) is 6.04 Å². The number of aliphatic hydroxyl groups is 1. The molecule has 1 atom stereocenters. The van der Waals surface area contributed by atoms with E-state index >= 15 is 0 Å². The van der Waals surface area contributed by atoms with Crippen molar-refractivity contribution in [2.24, 2.45) is 5.73 Å². The van der Waals surface area contributed by atoms with Gasteiger partial charge in [0.1, 0.15) is 0 Å². The van der Waals surface area contributed by atoms with Crippen molar-refractivity contribution in [2.45, 2.75) is 45.3 Å². The normalized spacial score (nSPS) is 13.0. The van der Waals surface area contributed by atoms with Crippen LogP contribution in [0, 0.1) is 0 Å². The van der Waals surface area contributed by atoms with Gasteiger partial charge >= 0.3 is 5.97 Å². The third-order valence-electron chi connectivity index (χ3n) is 2.73. The van der Waals surface area contributed by atoms with Crippen molar-refractivity contribution >= 4 is 11.9 Å². The molecule has 1 unspecified atom stereocenters. The van der Waals surface area contributed by atoms with E-state index in [4.69, 9.17) is 5.73 Å². The molecule has 0 aromatic carbocycles. The Morgan fingerprint density at radius 3 is 2.29 bits per heavy atom. The SMILES string of the molecule is CCOC(=O)C(N)C(=O)NCC(O)(CC)CC. The third kappa shape index (κ3) is 5.14. The lowest BCUT2D eigenvalue weighted by Gasteiger charge is -2.25. The number of ether oxygens (including phenoxy) is 1. The number of carbonyl (C=O) groups is 2. The third-order valence-corrected chi connectivity index (χ3v) is 2.73. The fourth-order valence-corrected chi connectivity index (χ4v) is 1.20. The number of rotatable bonds is 7. The van der Waals surface area contributed by atoms with Gasteiger partial charge in [-0.3, -0.25) is 4.79 Å². The molecule has 0 heterocycles. The van der Waals surface area contributed by atoms with Crippen molar-refractivity contribution < 1.29 is 19.4 Å². The minimum atomic E-state index is -1.34. The van der Waals surface area contributed by atoms with Gasteiger partial charge in [-0.05, 0) is 19.8 Å². The number of hydrogen-bond acceptors (Lipinski definition) is 5. The first kappa shape index (κ1) is 15.9. The summed E-state index contributed by atoms with van der Waals surface area (Å²) in [5, 5.41) is 12.4. The molecule has 0 aliphatic rings. The second-order valence-electron chi connectivity index (χ2n) is 3.88. The molecule has 0 aromatic heterocycles. The quantitative estimate of drug-likeness (QED) is 0.417. The van der Waals surface area contributed by atoms with Crippen molar-refractivity contribution in [3.05, 3.63) is 0 Å². The van der Waals surface area contributed by atoms with Gasteiger partial charge in [0, 0.05) is 6.54 Å². The Labute approximate surface area is 102 Å². The van der Waals surface area contributed by atoms with Gasteiger partial charge in [0.25, 0.3) is 0 Å². The molecule has 0 saturated heterocycles. The van der Waals surface area contributed by atoms with Crippen molar-refractivity contribution in [2.75, 3.05) is 13.2 Å². The molecule has 0 rings (SSSR count). The maximum Gasteiger partial charge on any atom is 0.332 e. The van der Waals surface area contributed by atoms with Crippen LogP contribution in [-0.2, 0) is 14.3 Å². The predicted molar refractivity (Wildman–Crippen MR) is 63.1 cm³/mol. The minimum absolute atomic E-state index is 0.0753. The number of amides is 1. The lowest BCUT2D eigenvalue weighted by atomic mass is 9.97. The molecule has 0 bridgehead atoms. The molecule has 0 fully saturated rings. The van der Waals surface area contributed by atoms with Crippen LogP contribution in [0.25, 0.3) is 0 Å². The monoisotopic (exact) mass is 246 g/mol. The van der Waals surface area contributed by atoms with Crippen molar-refractivity contribution in [1.29, 1.82) is 0 Å². The maximum atomic E-state index is 11.5. The van der Waals surface area contributed by atoms with Crippen LogP contribution in [0.4, 0.5) is 0 Å². The van der Waals surface area contributed by atoms with Gasteiger partial charge in [0.2, 0.25) is 5.91 Å². The molecule has 17 heavy (non-hydrogen) atoms. The molecule has 100 valence electrons. The van der Waals surface area contributed by atoms with Crippen LogP contribution in [0.5, 0.6) is 0 Å². The second kappa shape index (κ2) is 7.24. The van der Waals surface area contributed by atoms with E-state index < -0.39 is 23.5 Å². The van der Waals surface area contributed by atoms with Gasteiger partial charge < -0.3 is 20.9 Å². The van der Waals surface area contributed by atoms with E-state index in [0.29, 0.717) is 12.8 Å². The second-order valence-corrected chi connectivity index (χ2v) is 3.88. The highest BCUT2D eigenvalue weighted by atomic mass is 16.5. The first-order chi connectivity index (χ1) is 7.90. The molecule has 6 nitrogen and oxygen atoms in total. The Morgan fingerprint density at radius 1 is 1.35 bits per heavy atom. The molecule has 0 aliphatic heterocycles. The van der Waals surface area contributed by atoms with Crippen molar-refractivity contribution in [1.82, 2.24) is 5.32 Å². The van der Waals surface area contributed by atoms with E-state index in [2.05, 4.69) is 10.1 Å². The summed E-state index contributed by atoms with van der Waals surface area (Å²) in [5.41, 5.74) is 4.44. The van der Waals surface area contributed by atoms with Crippen LogP contribution in [-0.4, -0.2) is 41.8 Å². The van der Waals surface area contributed by atoms with Crippen LogP contribution in [0.2, 0.25) is 0 Å². The Morgan fingerprint density at radius 2 is 1.88 bits per heavy atom. The van der Waals surface area contributed by atoms with Crippen LogP contribution in [0.3, 0.4) is 0 Å². The van der Waals surface area contributed by atoms with Crippen molar-refractivity contribution in [3.8, 4) is 0 Å². The smallest absolute Gasteiger partial charge is 0.332 e. The Balaban J connectivity index is 4.22. The zero-order valence-electron chi connectivity index (χ0n) is 10.7. The standard InChI is InChI=1S/C11H22N2O4/c1-4-11(16,5-2)7-13-9(14)8(12)10(15)17-6-3/h8,16H,4-7,12H2,1-3H3,(H,13,14). The van der Waals surface area contributed by atoms with E-state index in [1.165, 1.54) is 0 Å². The molecular weight excluding hydrogens is 224 g/mol. The van der Waals surface area contributed by atoms with Gasteiger partial charge in [-0.1, -0.05) is 13.8 Å². The summed E-state index contributed by atoms with van der Waals surface area (Å²) in [4.78, 5) is 22.7. The molecule has 0 spiro atoms. The highest BCUT2D eigenvalue weighted by Crippen LogP contribution is 2.12. The van der Waals surface area contributed by atoms with E-state index in [-0.39, 0.29) is 13.2 Å². The Hall–Kier alpha value is -1.14. The van der Waals surface area contributed by atoms with E-state index in [1.54, 1.807) is 6.92 Å². The molecule has 0 saturated carbocycles. The van der Waals surface area contributed by atoms with Crippen LogP contribution >= 0.6 is 0 Å². The number of hydrogen-bond donors (Lipinski definition) is 3. The lowest BCUT2D eigenvalue weighted by molar-refractivity contribution is -0.148. The molecule has 0 radical (unpaired) electrons. The molecular formula is C11H22N2O4. The molecule has 0 aromatic rings. The van der Waals surface area contributed by atoms with Crippen LogP contribution in [0.1, 0.15) is 33.6 Å². The predicted octanol–water partition coefficient (Wildman–Crippen LogP) is -0.456. The van der Waals surface area contributed by atoms with Gasteiger partial charge in [-0.15, -0.1) is 0 Å². The number of esters is 1. The number of nitrogens with one attached hydrogen (secondary N) is 1. The summed E-state index contributed by atoms with van der Waals surface area (Å²) >= 11 is 0. The van der Waals surface area contributed by atoms with Gasteiger partial charge in [0.05, 0.1) is 12.2 Å². The average Bonchev–Trinajstić information content (AvgIpc) is 2.34. The summed E-state index contributed by atoms with van der Waals surface area (Å²) in [6, 6.07) is -1.34. The highest BCUT2D eigenvalue weighted by molar-refractivity contribution is 6.01. The van der Waals surface area contributed by atoms with Crippen LogP contribution < -0.4 is 11.1 Å². The fourth-order valence-electron chi connectivity index (χ4n) is 1.20. The minimum Gasteiger partial charge on any atom is -0.464 e. The molecule has 1 amide bonds. The summed E-state index contributed by atoms with van der Waals surface area (Å²) in [6.07, 6.45) is 1.02. The first-order valence-corrected chi connectivity index (χ1v) is 5.82. The highest BCUT2D eigenvalue weighted by Gasteiger charge is 2.27. The fraction of sp³-hybridized carbons (Fsp3) is 0.818. The Bertz CT molecular complexity index is 264. The van der Waals surface area contributed by atoms with Gasteiger partial charge in [-0.2, -0.15) is 0 Å². The maximum absolute atomic E-state index is 11.5. The van der Waals surface area contributed by atoms with E-state index in [0.717, 1.165) is 0 Å². The van der Waals surface area contributed by atoms with Crippen molar-refractivity contribution in [3.63, 3.8) is 0 Å². The van der Waals surface area contributed by atoms with Crippen LogP contribution in [0.15, 0.2) is 0 Å². The zero-order chi connectivity index (χ0) is 13.5. The molecule has 4 N–H and O–H groups in total. The summed E-state index contributed by atoms with van der Waals surface area (Å²) < 4.78 is 4.62. The topological polar surface area (TPSA) is 102 Å². The summed E-state index contributed by atoms with van der Waals surface area (Å²) in [6.45, 7) is 5.52. The molecule has 0 aliphatic carbocycles. The van der Waals surface area contributed by atoms with E-state index in [9.17, 15) is 14.7 Å². The largest absolute Gasteiger partial charge is 0.464 e. The number of nitrogens with two attached hydrogens (primary N) is 1. The average molecular weight is 246 g/mol. The molecule has 6 heteroatoms. The lowest BCUT2D eigenvalue weighted by Crippen LogP contribution is -2.51. The van der Waals surface area contributed by atoms with E-state index in [1.807, 2.05) is 13.8 Å².